The number of rotatable bonds is 2. The summed E-state index contributed by atoms with van der Waals surface area (Å²) >= 11 is 5.88. The van der Waals surface area contributed by atoms with Crippen molar-refractivity contribution in [3.8, 4) is 0 Å². The summed E-state index contributed by atoms with van der Waals surface area (Å²) in [4.78, 5) is 17.0. The Labute approximate surface area is 133 Å². The fourth-order valence-electron chi connectivity index (χ4n) is 2.25. The maximum atomic E-state index is 12.5. The van der Waals surface area contributed by atoms with E-state index in [1.165, 1.54) is 0 Å². The highest BCUT2D eigenvalue weighted by Gasteiger charge is 2.10. The van der Waals surface area contributed by atoms with E-state index in [-0.39, 0.29) is 18.0 Å². The summed E-state index contributed by atoms with van der Waals surface area (Å²) in [6.45, 7) is 1.87. The van der Waals surface area contributed by atoms with E-state index in [9.17, 15) is 4.79 Å². The van der Waals surface area contributed by atoms with Crippen LogP contribution < -0.4 is 5.56 Å². The lowest BCUT2D eigenvalue weighted by molar-refractivity contribution is 0.951. The molecule has 2 heterocycles. The van der Waals surface area contributed by atoms with Crippen LogP contribution in [0.1, 0.15) is 16.8 Å². The van der Waals surface area contributed by atoms with E-state index in [0.717, 1.165) is 16.8 Å². The molecule has 0 N–H and O–H groups in total. The minimum absolute atomic E-state index is 0. The molecule has 0 amide bonds. The van der Waals surface area contributed by atoms with Crippen LogP contribution >= 0.6 is 24.0 Å². The van der Waals surface area contributed by atoms with E-state index >= 15 is 0 Å². The van der Waals surface area contributed by atoms with Gasteiger partial charge in [-0.15, -0.1) is 12.4 Å². The van der Waals surface area contributed by atoms with Crippen LogP contribution in [0, 0.1) is 6.92 Å². The summed E-state index contributed by atoms with van der Waals surface area (Å²) in [6.07, 6.45) is 2.31. The number of fused-ring (bicyclic) bond motifs is 1. The van der Waals surface area contributed by atoms with Crippen LogP contribution in [-0.2, 0) is 6.42 Å². The molecule has 0 atom stereocenters. The molecule has 0 aliphatic carbocycles. The van der Waals surface area contributed by atoms with Gasteiger partial charge in [-0.1, -0.05) is 29.8 Å². The average Bonchev–Trinajstić information content (AvgIpc) is 2.45. The third kappa shape index (κ3) is 3.09. The molecule has 0 aliphatic rings. The molecule has 0 saturated carbocycles. The maximum Gasteiger partial charge on any atom is 0.261 e. The van der Waals surface area contributed by atoms with E-state index in [0.29, 0.717) is 17.1 Å². The Kier molecular flexibility index (Phi) is 4.66. The molecule has 21 heavy (non-hydrogen) atoms. The van der Waals surface area contributed by atoms with Crippen molar-refractivity contribution in [1.29, 1.82) is 0 Å². The van der Waals surface area contributed by atoms with Gasteiger partial charge in [-0.25, -0.2) is 4.98 Å². The fraction of sp³-hybridized carbons (Fsp3) is 0.125. The number of aryl methyl sites for hydroxylation is 1. The highest BCUT2D eigenvalue weighted by Crippen LogP contribution is 2.13. The van der Waals surface area contributed by atoms with Crippen molar-refractivity contribution in [3.05, 3.63) is 80.9 Å². The first kappa shape index (κ1) is 15.5. The lowest BCUT2D eigenvalue weighted by Crippen LogP contribution is -2.21. The normalized spacial score (nSPS) is 10.4. The summed E-state index contributed by atoms with van der Waals surface area (Å²) in [7, 11) is 0. The molecule has 0 fully saturated rings. The first-order valence-electron chi connectivity index (χ1n) is 6.36. The molecule has 0 aliphatic heterocycles. The Morgan fingerprint density at radius 3 is 2.57 bits per heavy atom. The second-order valence-corrected chi connectivity index (χ2v) is 5.15. The molecule has 0 radical (unpaired) electrons. The van der Waals surface area contributed by atoms with Gasteiger partial charge in [0, 0.05) is 28.9 Å². The zero-order valence-electron chi connectivity index (χ0n) is 11.4. The van der Waals surface area contributed by atoms with Gasteiger partial charge in [-0.2, -0.15) is 0 Å². The number of halogens is 2. The molecular formula is C16H14Cl2N2O. The molecule has 3 nitrogen and oxygen atoms in total. The van der Waals surface area contributed by atoms with Crippen LogP contribution in [0.5, 0.6) is 0 Å². The summed E-state index contributed by atoms with van der Waals surface area (Å²) in [5.74, 6) is 0. The predicted octanol–water partition coefficient (Wildman–Crippen LogP) is 3.67. The molecule has 108 valence electrons. The van der Waals surface area contributed by atoms with Gasteiger partial charge in [0.25, 0.3) is 5.56 Å². The number of benzene rings is 1. The fourth-order valence-corrected chi connectivity index (χ4v) is 2.37. The van der Waals surface area contributed by atoms with Gasteiger partial charge in [-0.3, -0.25) is 9.20 Å². The molecule has 0 saturated heterocycles. The van der Waals surface area contributed by atoms with Crippen LogP contribution in [0.3, 0.4) is 0 Å². The molecule has 0 bridgehead atoms. The third-order valence-electron chi connectivity index (χ3n) is 3.33. The van der Waals surface area contributed by atoms with E-state index in [4.69, 9.17) is 11.6 Å². The average molecular weight is 321 g/mol. The SMILES string of the molecule is Cc1nc2ccccn2c(=O)c1Cc1ccc(Cl)cc1.Cl. The number of aromatic nitrogens is 2. The largest absolute Gasteiger partial charge is 0.269 e. The van der Waals surface area contributed by atoms with Crippen LogP contribution in [0.15, 0.2) is 53.5 Å². The maximum absolute atomic E-state index is 12.5. The number of pyridine rings is 1. The lowest BCUT2D eigenvalue weighted by atomic mass is 10.1. The van der Waals surface area contributed by atoms with E-state index in [2.05, 4.69) is 4.98 Å². The number of hydrogen-bond acceptors (Lipinski definition) is 2. The number of hydrogen-bond donors (Lipinski definition) is 0. The van der Waals surface area contributed by atoms with Gasteiger partial charge in [0.05, 0.1) is 0 Å². The first-order chi connectivity index (χ1) is 9.65. The monoisotopic (exact) mass is 320 g/mol. The Hall–Kier alpha value is -1.84. The zero-order valence-corrected chi connectivity index (χ0v) is 13.0. The summed E-state index contributed by atoms with van der Waals surface area (Å²) in [6, 6.07) is 13.1. The third-order valence-corrected chi connectivity index (χ3v) is 3.58. The van der Waals surface area contributed by atoms with Gasteiger partial charge >= 0.3 is 0 Å². The Morgan fingerprint density at radius 2 is 1.86 bits per heavy atom. The highest BCUT2D eigenvalue weighted by molar-refractivity contribution is 6.30. The standard InChI is InChI=1S/C16H13ClN2O.ClH/c1-11-14(10-12-5-7-13(17)8-6-12)16(20)19-9-3-2-4-15(19)18-11;/h2-9H,10H2,1H3;1H. The van der Waals surface area contributed by atoms with Crippen molar-refractivity contribution in [3.63, 3.8) is 0 Å². The van der Waals surface area contributed by atoms with Gasteiger partial charge in [-0.05, 0) is 36.8 Å². The van der Waals surface area contributed by atoms with Gasteiger partial charge in [0.2, 0.25) is 0 Å². The quantitative estimate of drug-likeness (QED) is 0.722. The van der Waals surface area contributed by atoms with Crippen LogP contribution in [0.25, 0.3) is 5.65 Å². The minimum atomic E-state index is -0.0111. The van der Waals surface area contributed by atoms with Crippen molar-refractivity contribution in [1.82, 2.24) is 9.38 Å². The molecule has 1 aromatic carbocycles. The smallest absolute Gasteiger partial charge is 0.261 e. The van der Waals surface area contributed by atoms with Crippen molar-refractivity contribution in [2.45, 2.75) is 13.3 Å². The van der Waals surface area contributed by atoms with Crippen molar-refractivity contribution < 1.29 is 0 Å². The second-order valence-electron chi connectivity index (χ2n) is 4.71. The molecule has 5 heteroatoms. The topological polar surface area (TPSA) is 34.4 Å². The molecule has 0 unspecified atom stereocenters. The molecular weight excluding hydrogens is 307 g/mol. The van der Waals surface area contributed by atoms with E-state index < -0.39 is 0 Å². The second kappa shape index (κ2) is 6.29. The van der Waals surface area contributed by atoms with Crippen LogP contribution in [0.4, 0.5) is 0 Å². The van der Waals surface area contributed by atoms with Gasteiger partial charge < -0.3 is 0 Å². The van der Waals surface area contributed by atoms with Gasteiger partial charge in [0.1, 0.15) is 5.65 Å². The lowest BCUT2D eigenvalue weighted by Gasteiger charge is -2.08. The van der Waals surface area contributed by atoms with E-state index in [1.54, 1.807) is 10.6 Å². The molecule has 0 spiro atoms. The Balaban J connectivity index is 0.00000161. The highest BCUT2D eigenvalue weighted by atomic mass is 35.5. The van der Waals surface area contributed by atoms with Crippen molar-refractivity contribution in [2.75, 3.05) is 0 Å². The molecule has 3 rings (SSSR count). The van der Waals surface area contributed by atoms with Crippen LogP contribution in [-0.4, -0.2) is 9.38 Å². The van der Waals surface area contributed by atoms with E-state index in [1.807, 2.05) is 49.4 Å². The zero-order chi connectivity index (χ0) is 14.1. The van der Waals surface area contributed by atoms with Crippen LogP contribution in [0.2, 0.25) is 5.02 Å². The molecule has 3 aromatic rings. The molecule has 2 aromatic heterocycles. The van der Waals surface area contributed by atoms with Crippen molar-refractivity contribution in [2.24, 2.45) is 0 Å². The summed E-state index contributed by atoms with van der Waals surface area (Å²) < 4.78 is 1.58. The predicted molar refractivity (Wildman–Crippen MR) is 87.7 cm³/mol. The van der Waals surface area contributed by atoms with Gasteiger partial charge in [0.15, 0.2) is 0 Å². The van der Waals surface area contributed by atoms with Crippen molar-refractivity contribution >= 4 is 29.7 Å². The Morgan fingerprint density at radius 1 is 1.14 bits per heavy atom. The summed E-state index contributed by atoms with van der Waals surface area (Å²) in [5, 5.41) is 0.693. The number of nitrogens with zero attached hydrogens (tertiary/aromatic N) is 2. The first-order valence-corrected chi connectivity index (χ1v) is 6.74. The Bertz CT molecular complexity index is 826. The summed E-state index contributed by atoms with van der Waals surface area (Å²) in [5.41, 5.74) is 3.21. The minimum Gasteiger partial charge on any atom is -0.269 e.